The number of hydrogen-bond acceptors (Lipinski definition) is 2. The average molecular weight is 316 g/mol. The predicted octanol–water partition coefficient (Wildman–Crippen LogP) is 5.29. The standard InChI is InChI=1S/C21H32O2/c1-6-19(2)13-10-16-15(14-19)8-9-17-20(16,3)11-7-12-21(17,4)18(22)23-5/h6,8,16-17H,1,7,9-14H2,2-5H3. The Balaban J connectivity index is 1.97. The average Bonchev–Trinajstić information content (AvgIpc) is 2.53. The smallest absolute Gasteiger partial charge is 0.311 e. The number of fused-ring (bicyclic) bond motifs is 3. The fourth-order valence-electron chi connectivity index (χ4n) is 6.09. The number of carbonyl (C=O) groups is 1. The highest BCUT2D eigenvalue weighted by atomic mass is 16.5. The lowest BCUT2D eigenvalue weighted by Gasteiger charge is -2.58. The highest BCUT2D eigenvalue weighted by Crippen LogP contribution is 2.63. The molecule has 0 bridgehead atoms. The lowest BCUT2D eigenvalue weighted by Crippen LogP contribution is -2.54. The van der Waals surface area contributed by atoms with Gasteiger partial charge in [-0.1, -0.05) is 38.0 Å². The van der Waals surface area contributed by atoms with E-state index in [1.165, 1.54) is 19.3 Å². The van der Waals surface area contributed by atoms with Gasteiger partial charge in [-0.2, -0.15) is 0 Å². The second kappa shape index (κ2) is 5.50. The van der Waals surface area contributed by atoms with Gasteiger partial charge in [0.25, 0.3) is 0 Å². The first kappa shape index (κ1) is 16.8. The van der Waals surface area contributed by atoms with Gasteiger partial charge in [-0.3, -0.25) is 4.79 Å². The van der Waals surface area contributed by atoms with Gasteiger partial charge >= 0.3 is 5.97 Å². The van der Waals surface area contributed by atoms with Crippen molar-refractivity contribution in [3.8, 4) is 0 Å². The Labute approximate surface area is 141 Å². The Bertz CT molecular complexity index is 548. The molecule has 2 heteroatoms. The van der Waals surface area contributed by atoms with Gasteiger partial charge in [0.2, 0.25) is 0 Å². The predicted molar refractivity (Wildman–Crippen MR) is 93.9 cm³/mol. The first-order valence-corrected chi connectivity index (χ1v) is 9.20. The Morgan fingerprint density at radius 3 is 2.70 bits per heavy atom. The number of esters is 1. The number of ether oxygens (including phenoxy) is 1. The van der Waals surface area contributed by atoms with Crippen LogP contribution in [0.15, 0.2) is 24.3 Å². The highest BCUT2D eigenvalue weighted by molar-refractivity contribution is 5.77. The highest BCUT2D eigenvalue weighted by Gasteiger charge is 2.58. The SMILES string of the molecule is C=CC1(C)CCC2C(=CCC3C(C)(C(=O)OC)CCCC23C)C1. The van der Waals surface area contributed by atoms with E-state index in [-0.39, 0.29) is 22.2 Å². The summed E-state index contributed by atoms with van der Waals surface area (Å²) in [5.74, 6) is 1.05. The molecule has 0 saturated heterocycles. The zero-order chi connectivity index (χ0) is 16.9. The Kier molecular flexibility index (Phi) is 4.01. The van der Waals surface area contributed by atoms with Crippen LogP contribution >= 0.6 is 0 Å². The minimum Gasteiger partial charge on any atom is -0.469 e. The summed E-state index contributed by atoms with van der Waals surface area (Å²) in [6, 6.07) is 0. The van der Waals surface area contributed by atoms with Crippen LogP contribution in [0.5, 0.6) is 0 Å². The van der Waals surface area contributed by atoms with Crippen LogP contribution in [0.2, 0.25) is 0 Å². The molecule has 0 aliphatic heterocycles. The molecule has 0 amide bonds. The molecular weight excluding hydrogens is 284 g/mol. The summed E-state index contributed by atoms with van der Waals surface area (Å²) in [5, 5.41) is 0. The van der Waals surface area contributed by atoms with E-state index in [4.69, 9.17) is 4.74 Å². The van der Waals surface area contributed by atoms with Crippen LogP contribution in [-0.4, -0.2) is 13.1 Å². The summed E-state index contributed by atoms with van der Waals surface area (Å²) in [4.78, 5) is 12.5. The molecule has 5 unspecified atom stereocenters. The quantitative estimate of drug-likeness (QED) is 0.511. The van der Waals surface area contributed by atoms with E-state index >= 15 is 0 Å². The molecular formula is C21H32O2. The fraction of sp³-hybridized carbons (Fsp3) is 0.762. The molecule has 0 N–H and O–H groups in total. The molecule has 3 aliphatic carbocycles. The summed E-state index contributed by atoms with van der Waals surface area (Å²) in [6.07, 6.45) is 12.6. The second-order valence-electron chi connectivity index (χ2n) is 8.96. The van der Waals surface area contributed by atoms with E-state index in [2.05, 4.69) is 39.5 Å². The zero-order valence-electron chi connectivity index (χ0n) is 15.3. The van der Waals surface area contributed by atoms with Crippen molar-refractivity contribution in [2.75, 3.05) is 7.11 Å². The van der Waals surface area contributed by atoms with Crippen molar-refractivity contribution in [1.82, 2.24) is 0 Å². The molecule has 2 nitrogen and oxygen atoms in total. The summed E-state index contributed by atoms with van der Waals surface area (Å²) in [7, 11) is 1.54. The van der Waals surface area contributed by atoms with Gasteiger partial charge in [-0.05, 0) is 68.1 Å². The van der Waals surface area contributed by atoms with Gasteiger partial charge in [0.15, 0.2) is 0 Å². The zero-order valence-corrected chi connectivity index (χ0v) is 15.3. The van der Waals surface area contributed by atoms with E-state index in [9.17, 15) is 4.79 Å². The third-order valence-corrected chi connectivity index (χ3v) is 7.59. The molecule has 0 aromatic carbocycles. The first-order chi connectivity index (χ1) is 10.8. The lowest BCUT2D eigenvalue weighted by molar-refractivity contribution is -0.166. The van der Waals surface area contributed by atoms with Gasteiger partial charge in [-0.15, -0.1) is 6.58 Å². The third kappa shape index (κ3) is 2.40. The molecule has 0 heterocycles. The molecule has 23 heavy (non-hydrogen) atoms. The third-order valence-electron chi connectivity index (χ3n) is 7.59. The van der Waals surface area contributed by atoms with E-state index < -0.39 is 0 Å². The topological polar surface area (TPSA) is 26.3 Å². The van der Waals surface area contributed by atoms with Gasteiger partial charge < -0.3 is 4.74 Å². The molecule has 128 valence electrons. The Hall–Kier alpha value is -1.05. The number of methoxy groups -OCH3 is 1. The van der Waals surface area contributed by atoms with Crippen molar-refractivity contribution in [3.05, 3.63) is 24.3 Å². The maximum absolute atomic E-state index is 12.5. The normalized spacial score (nSPS) is 46.2. The summed E-state index contributed by atoms with van der Waals surface area (Å²) in [5.41, 5.74) is 1.81. The fourth-order valence-corrected chi connectivity index (χ4v) is 6.09. The van der Waals surface area contributed by atoms with E-state index in [1.54, 1.807) is 12.7 Å². The van der Waals surface area contributed by atoms with Crippen molar-refractivity contribution in [2.24, 2.45) is 28.1 Å². The number of hydrogen-bond donors (Lipinski definition) is 0. The molecule has 3 rings (SSSR count). The van der Waals surface area contributed by atoms with Crippen LogP contribution in [0.4, 0.5) is 0 Å². The monoisotopic (exact) mass is 316 g/mol. The Morgan fingerprint density at radius 1 is 1.30 bits per heavy atom. The molecule has 2 fully saturated rings. The molecule has 0 aromatic rings. The molecule has 0 spiro atoms. The summed E-state index contributed by atoms with van der Waals surface area (Å²) in [6.45, 7) is 11.0. The number of carbonyl (C=O) groups excluding carboxylic acids is 1. The van der Waals surface area contributed by atoms with E-state index in [0.717, 1.165) is 25.7 Å². The largest absolute Gasteiger partial charge is 0.469 e. The van der Waals surface area contributed by atoms with Crippen molar-refractivity contribution >= 4 is 5.97 Å². The summed E-state index contributed by atoms with van der Waals surface area (Å²) >= 11 is 0. The first-order valence-electron chi connectivity index (χ1n) is 9.20. The van der Waals surface area contributed by atoms with E-state index in [0.29, 0.717) is 11.8 Å². The van der Waals surface area contributed by atoms with Gasteiger partial charge in [0.1, 0.15) is 0 Å². The molecule has 2 saturated carbocycles. The van der Waals surface area contributed by atoms with Crippen LogP contribution in [0.3, 0.4) is 0 Å². The lowest BCUT2D eigenvalue weighted by atomic mass is 9.45. The van der Waals surface area contributed by atoms with Crippen LogP contribution in [-0.2, 0) is 9.53 Å². The van der Waals surface area contributed by atoms with Crippen molar-refractivity contribution in [3.63, 3.8) is 0 Å². The van der Waals surface area contributed by atoms with Crippen LogP contribution in [0.25, 0.3) is 0 Å². The maximum atomic E-state index is 12.5. The minimum absolute atomic E-state index is 0.00276. The van der Waals surface area contributed by atoms with Crippen LogP contribution < -0.4 is 0 Å². The van der Waals surface area contributed by atoms with Crippen LogP contribution in [0.1, 0.15) is 65.7 Å². The maximum Gasteiger partial charge on any atom is 0.311 e. The Morgan fingerprint density at radius 2 is 2.04 bits per heavy atom. The van der Waals surface area contributed by atoms with Gasteiger partial charge in [0, 0.05) is 0 Å². The molecule has 0 radical (unpaired) electrons. The van der Waals surface area contributed by atoms with Gasteiger partial charge in [0.05, 0.1) is 12.5 Å². The van der Waals surface area contributed by atoms with Crippen molar-refractivity contribution < 1.29 is 9.53 Å². The summed E-state index contributed by atoms with van der Waals surface area (Å²) < 4.78 is 5.20. The van der Waals surface area contributed by atoms with Gasteiger partial charge in [-0.25, -0.2) is 0 Å². The molecule has 5 atom stereocenters. The molecule has 3 aliphatic rings. The molecule has 0 aromatic heterocycles. The van der Waals surface area contributed by atoms with Crippen LogP contribution in [0, 0.1) is 28.1 Å². The minimum atomic E-state index is -0.317. The van der Waals surface area contributed by atoms with E-state index in [1.807, 2.05) is 0 Å². The number of allylic oxidation sites excluding steroid dienone is 3. The second-order valence-corrected chi connectivity index (χ2v) is 8.96. The van der Waals surface area contributed by atoms with Crippen molar-refractivity contribution in [1.29, 1.82) is 0 Å². The number of rotatable bonds is 2. The van der Waals surface area contributed by atoms with Crippen molar-refractivity contribution in [2.45, 2.75) is 65.7 Å².